The lowest BCUT2D eigenvalue weighted by atomic mass is 9.57. The Labute approximate surface area is 246 Å². The number of allylic oxidation sites excluding steroid dienone is 2. The van der Waals surface area contributed by atoms with E-state index in [1.807, 2.05) is 12.1 Å². The fourth-order valence-electron chi connectivity index (χ4n) is 7.37. The molecule has 1 N–H and O–H groups in total. The number of hydrogen-bond donors (Lipinski definition) is 1. The van der Waals surface area contributed by atoms with E-state index in [2.05, 4.69) is 0 Å². The summed E-state index contributed by atoms with van der Waals surface area (Å²) in [6.45, 7) is 0. The van der Waals surface area contributed by atoms with Crippen molar-refractivity contribution in [2.24, 2.45) is 29.6 Å². The fourth-order valence-corrected chi connectivity index (χ4v) is 7.62. The highest BCUT2D eigenvalue weighted by atomic mass is 35.5. The summed E-state index contributed by atoms with van der Waals surface area (Å²) in [5, 5.41) is 11.3. The predicted octanol–water partition coefficient (Wildman–Crippen LogP) is 5.74. The van der Waals surface area contributed by atoms with E-state index in [-0.39, 0.29) is 35.8 Å². The minimum absolute atomic E-state index is 0.0443. The van der Waals surface area contributed by atoms with E-state index in [0.29, 0.717) is 33.4 Å². The van der Waals surface area contributed by atoms with Gasteiger partial charge in [0.15, 0.2) is 0 Å². The third kappa shape index (κ3) is 3.94. The van der Waals surface area contributed by atoms with Crippen molar-refractivity contribution in [3.63, 3.8) is 0 Å². The van der Waals surface area contributed by atoms with Gasteiger partial charge in [0.05, 0.1) is 35.0 Å². The maximum atomic E-state index is 14.0. The number of imide groups is 2. The zero-order valence-corrected chi connectivity index (χ0v) is 23.1. The Balaban J connectivity index is 1.33. The van der Waals surface area contributed by atoms with Crippen LogP contribution in [0.15, 0.2) is 84.4 Å². The summed E-state index contributed by atoms with van der Waals surface area (Å²) in [7, 11) is 0. The van der Waals surface area contributed by atoms with E-state index in [0.717, 1.165) is 5.57 Å². The zero-order valence-electron chi connectivity index (χ0n) is 21.6. The van der Waals surface area contributed by atoms with Crippen LogP contribution in [0.2, 0.25) is 10.0 Å². The first-order valence-corrected chi connectivity index (χ1v) is 14.3. The maximum Gasteiger partial charge on any atom is 0.238 e. The number of hydrogen-bond acceptors (Lipinski definition) is 5. The molecule has 6 atom stereocenters. The first-order chi connectivity index (χ1) is 19.7. The highest BCUT2D eigenvalue weighted by molar-refractivity contribution is 6.31. The summed E-state index contributed by atoms with van der Waals surface area (Å²) in [5.41, 5.74) is 2.46. The van der Waals surface area contributed by atoms with Gasteiger partial charge in [0.2, 0.25) is 23.6 Å². The molecule has 206 valence electrons. The van der Waals surface area contributed by atoms with Crippen LogP contribution in [-0.2, 0) is 19.2 Å². The summed E-state index contributed by atoms with van der Waals surface area (Å²) in [4.78, 5) is 58.0. The molecule has 0 bridgehead atoms. The van der Waals surface area contributed by atoms with Gasteiger partial charge in [0.1, 0.15) is 5.75 Å². The van der Waals surface area contributed by atoms with Crippen molar-refractivity contribution in [2.75, 3.05) is 9.80 Å². The molecule has 4 amide bonds. The normalized spacial score (nSPS) is 28.9. The highest BCUT2D eigenvalue weighted by Gasteiger charge is 2.62. The van der Waals surface area contributed by atoms with Gasteiger partial charge in [-0.1, -0.05) is 47.0 Å². The lowest BCUT2D eigenvalue weighted by Gasteiger charge is -2.44. The largest absolute Gasteiger partial charge is 0.508 e. The lowest BCUT2D eigenvalue weighted by molar-refractivity contribution is -0.126. The Kier molecular flexibility index (Phi) is 6.07. The van der Waals surface area contributed by atoms with E-state index in [4.69, 9.17) is 23.2 Å². The standard InChI is InChI=1S/C32H24Cl2N2O5/c33-17-4-8-19(9-5-17)35-29(38)23-13-12-22-24(27(23)31(35)40)15-25-28(26(22)16-2-1-3-21(37)14-16)32(41)36(30(25)39)20-10-6-18(34)7-11-20/h1-12,14,23-28,37H,13,15H2/t23-,24+,25+,26-,27-,28+/m0/s1. The molecule has 2 saturated heterocycles. The average Bonchev–Trinajstić information content (AvgIpc) is 3.37. The zero-order chi connectivity index (χ0) is 28.6. The minimum Gasteiger partial charge on any atom is -0.508 e. The molecule has 9 heteroatoms. The average molecular weight is 587 g/mol. The van der Waals surface area contributed by atoms with Crippen molar-refractivity contribution in [1.29, 1.82) is 0 Å². The van der Waals surface area contributed by atoms with Crippen LogP contribution >= 0.6 is 23.2 Å². The van der Waals surface area contributed by atoms with Crippen LogP contribution in [0.1, 0.15) is 24.3 Å². The second kappa shape index (κ2) is 9.57. The molecule has 41 heavy (non-hydrogen) atoms. The summed E-state index contributed by atoms with van der Waals surface area (Å²) in [6.07, 6.45) is 2.60. The van der Waals surface area contributed by atoms with Crippen LogP contribution in [0.3, 0.4) is 0 Å². The van der Waals surface area contributed by atoms with Crippen LogP contribution in [0.4, 0.5) is 11.4 Å². The van der Waals surface area contributed by atoms with E-state index in [1.54, 1.807) is 66.7 Å². The van der Waals surface area contributed by atoms with Crippen molar-refractivity contribution in [1.82, 2.24) is 0 Å². The monoisotopic (exact) mass is 586 g/mol. The van der Waals surface area contributed by atoms with E-state index < -0.39 is 35.5 Å². The molecule has 4 aliphatic rings. The van der Waals surface area contributed by atoms with Crippen molar-refractivity contribution in [3.05, 3.63) is 100 Å². The van der Waals surface area contributed by atoms with Gasteiger partial charge in [-0.3, -0.25) is 29.0 Å². The van der Waals surface area contributed by atoms with Crippen LogP contribution in [0, 0.1) is 29.6 Å². The minimum atomic E-state index is -0.710. The van der Waals surface area contributed by atoms with Gasteiger partial charge < -0.3 is 5.11 Å². The second-order valence-corrected chi connectivity index (χ2v) is 12.0. The van der Waals surface area contributed by atoms with Crippen LogP contribution in [0.25, 0.3) is 0 Å². The molecule has 0 unspecified atom stereocenters. The summed E-state index contributed by atoms with van der Waals surface area (Å²) in [5.74, 6) is -4.78. The maximum absolute atomic E-state index is 14.0. The summed E-state index contributed by atoms with van der Waals surface area (Å²) >= 11 is 12.1. The Morgan fingerprint density at radius 1 is 0.659 bits per heavy atom. The van der Waals surface area contributed by atoms with Gasteiger partial charge >= 0.3 is 0 Å². The Morgan fingerprint density at radius 3 is 1.80 bits per heavy atom. The van der Waals surface area contributed by atoms with Gasteiger partial charge in [-0.2, -0.15) is 0 Å². The number of amides is 4. The first kappa shape index (κ1) is 26.0. The highest BCUT2D eigenvalue weighted by Crippen LogP contribution is 2.58. The predicted molar refractivity (Wildman–Crippen MR) is 154 cm³/mol. The van der Waals surface area contributed by atoms with E-state index >= 15 is 0 Å². The number of rotatable bonds is 3. The van der Waals surface area contributed by atoms with E-state index in [9.17, 15) is 24.3 Å². The Morgan fingerprint density at radius 2 is 1.22 bits per heavy atom. The van der Waals surface area contributed by atoms with Crippen LogP contribution in [0.5, 0.6) is 5.75 Å². The second-order valence-electron chi connectivity index (χ2n) is 11.1. The molecule has 3 aromatic carbocycles. The fraction of sp³-hybridized carbons (Fsp3) is 0.250. The number of halogens is 2. The molecule has 7 nitrogen and oxygen atoms in total. The van der Waals surface area contributed by atoms with Crippen molar-refractivity contribution in [2.45, 2.75) is 18.8 Å². The number of phenolic OH excluding ortho intramolecular Hbond substituents is 1. The lowest BCUT2D eigenvalue weighted by Crippen LogP contribution is -2.43. The third-order valence-corrected chi connectivity index (χ3v) is 9.55. The SMILES string of the molecule is O=C1[C@H]2[C@H](CC=C3[C@H]2C[C@H]2C(=O)N(c4ccc(Cl)cc4)C(=O)[C@H]2[C@H]3c2cccc(O)c2)C(=O)N1c1ccc(Cl)cc1. The third-order valence-electron chi connectivity index (χ3n) is 9.05. The topological polar surface area (TPSA) is 95.0 Å². The molecule has 1 saturated carbocycles. The molecule has 2 aliphatic heterocycles. The van der Waals surface area contributed by atoms with Gasteiger partial charge in [0, 0.05) is 16.0 Å². The molecule has 2 heterocycles. The van der Waals surface area contributed by atoms with Gasteiger partial charge in [-0.15, -0.1) is 0 Å². The molecular formula is C32H24Cl2N2O5. The number of aromatic hydroxyl groups is 1. The molecule has 0 spiro atoms. The van der Waals surface area contributed by atoms with Crippen molar-refractivity contribution >= 4 is 58.2 Å². The number of carbonyl (C=O) groups excluding carboxylic acids is 4. The number of fused-ring (bicyclic) bond motifs is 4. The number of phenols is 1. The van der Waals surface area contributed by atoms with E-state index in [1.165, 1.54) is 9.80 Å². The molecular weight excluding hydrogens is 563 g/mol. The van der Waals surface area contributed by atoms with Gasteiger partial charge in [-0.05, 0) is 85.0 Å². The van der Waals surface area contributed by atoms with Crippen molar-refractivity contribution in [3.8, 4) is 5.75 Å². The molecule has 2 aliphatic carbocycles. The van der Waals surface area contributed by atoms with Crippen LogP contribution < -0.4 is 9.80 Å². The number of carbonyl (C=O) groups is 4. The number of benzene rings is 3. The first-order valence-electron chi connectivity index (χ1n) is 13.5. The molecule has 3 aromatic rings. The van der Waals surface area contributed by atoms with Gasteiger partial charge in [0.25, 0.3) is 0 Å². The smallest absolute Gasteiger partial charge is 0.238 e. The Bertz CT molecular complexity index is 1650. The number of nitrogens with zero attached hydrogens (tertiary/aromatic N) is 2. The molecule has 3 fully saturated rings. The summed E-state index contributed by atoms with van der Waals surface area (Å²) < 4.78 is 0. The molecule has 7 rings (SSSR count). The number of anilines is 2. The quantitative estimate of drug-likeness (QED) is 0.312. The summed E-state index contributed by atoms with van der Waals surface area (Å²) in [6, 6.07) is 19.8. The Hall–Kier alpha value is -3.94. The molecule has 0 aromatic heterocycles. The van der Waals surface area contributed by atoms with Crippen molar-refractivity contribution < 1.29 is 24.3 Å². The van der Waals surface area contributed by atoms with Crippen LogP contribution in [-0.4, -0.2) is 28.7 Å². The van der Waals surface area contributed by atoms with Gasteiger partial charge in [-0.25, -0.2) is 0 Å². The molecule has 0 radical (unpaired) electrons.